The number of aromatic nitrogens is 3. The standard InChI is InChI=1S/C26H30N4O2/c1-16-17(2)22-15-30(24-6-4-5-7-25(24)31)26(32)21(22)11-19(16)10-18-8-9-23(27-12-18)20-13-28-29(3)14-20/h8-9,11-14,24-25,31H,4-7,10,15H2,1-3H3/t24-,25-/m0/s1. The fraction of sp³-hybridized carbons (Fsp3) is 0.423. The minimum atomic E-state index is -0.410. The van der Waals surface area contributed by atoms with Crippen LogP contribution in [0.4, 0.5) is 0 Å². The molecule has 0 spiro atoms. The molecule has 2 aliphatic rings. The van der Waals surface area contributed by atoms with Crippen molar-refractivity contribution in [3.05, 3.63) is 70.2 Å². The van der Waals surface area contributed by atoms with Crippen LogP contribution in [0.3, 0.4) is 0 Å². The molecule has 166 valence electrons. The van der Waals surface area contributed by atoms with E-state index in [1.807, 2.05) is 36.6 Å². The molecule has 3 aromatic rings. The Morgan fingerprint density at radius 3 is 2.62 bits per heavy atom. The van der Waals surface area contributed by atoms with E-state index in [2.05, 4.69) is 36.1 Å². The number of nitrogens with zero attached hydrogens (tertiary/aromatic N) is 4. The number of aryl methyl sites for hydroxylation is 1. The van der Waals surface area contributed by atoms with Crippen LogP contribution in [0.15, 0.2) is 36.8 Å². The molecular weight excluding hydrogens is 400 g/mol. The van der Waals surface area contributed by atoms with E-state index in [4.69, 9.17) is 0 Å². The van der Waals surface area contributed by atoms with E-state index < -0.39 is 6.10 Å². The second-order valence-electron chi connectivity index (χ2n) is 9.30. The highest BCUT2D eigenvalue weighted by atomic mass is 16.3. The summed E-state index contributed by atoms with van der Waals surface area (Å²) in [5, 5.41) is 14.7. The molecule has 2 atom stereocenters. The number of carbonyl (C=O) groups excluding carboxylic acids is 1. The molecule has 6 nitrogen and oxygen atoms in total. The lowest BCUT2D eigenvalue weighted by atomic mass is 9.91. The number of fused-ring (bicyclic) bond motifs is 1. The molecule has 1 aromatic carbocycles. The van der Waals surface area contributed by atoms with E-state index in [-0.39, 0.29) is 11.9 Å². The van der Waals surface area contributed by atoms with Crippen LogP contribution in [-0.2, 0) is 20.0 Å². The molecule has 0 bridgehead atoms. The molecule has 1 aliphatic carbocycles. The summed E-state index contributed by atoms with van der Waals surface area (Å²) in [4.78, 5) is 19.8. The summed E-state index contributed by atoms with van der Waals surface area (Å²) in [5.74, 6) is 0.0698. The summed E-state index contributed by atoms with van der Waals surface area (Å²) >= 11 is 0. The van der Waals surface area contributed by atoms with Crippen LogP contribution in [-0.4, -0.2) is 42.8 Å². The summed E-state index contributed by atoms with van der Waals surface area (Å²) in [7, 11) is 1.90. The zero-order chi connectivity index (χ0) is 22.4. The van der Waals surface area contributed by atoms with Crippen molar-refractivity contribution in [1.29, 1.82) is 0 Å². The first-order chi connectivity index (χ1) is 15.4. The van der Waals surface area contributed by atoms with E-state index in [1.165, 1.54) is 11.1 Å². The van der Waals surface area contributed by atoms with Crippen molar-refractivity contribution in [3.63, 3.8) is 0 Å². The largest absolute Gasteiger partial charge is 0.391 e. The number of amides is 1. The number of aliphatic hydroxyl groups is 1. The van der Waals surface area contributed by atoms with Gasteiger partial charge in [0.1, 0.15) is 0 Å². The SMILES string of the molecule is Cc1c(Cc2ccc(-c3cnn(C)c3)nc2)cc2c(c1C)CN([C@H]1CCCC[C@@H]1O)C2=O. The molecule has 5 rings (SSSR count). The van der Waals surface area contributed by atoms with Gasteiger partial charge >= 0.3 is 0 Å². The first-order valence-corrected chi connectivity index (χ1v) is 11.5. The maximum atomic E-state index is 13.3. The van der Waals surface area contributed by atoms with Crippen molar-refractivity contribution >= 4 is 5.91 Å². The Kier molecular flexibility index (Phi) is 5.33. The monoisotopic (exact) mass is 430 g/mol. The van der Waals surface area contributed by atoms with Gasteiger partial charge in [-0.15, -0.1) is 0 Å². The number of benzene rings is 1. The third-order valence-corrected chi connectivity index (χ3v) is 7.27. The fourth-order valence-electron chi connectivity index (χ4n) is 5.21. The number of aliphatic hydroxyl groups excluding tert-OH is 1. The predicted molar refractivity (Wildman–Crippen MR) is 123 cm³/mol. The molecule has 0 unspecified atom stereocenters. The van der Waals surface area contributed by atoms with E-state index in [9.17, 15) is 9.90 Å². The van der Waals surface area contributed by atoms with Gasteiger partial charge in [0.25, 0.3) is 5.91 Å². The normalized spacial score (nSPS) is 20.6. The van der Waals surface area contributed by atoms with E-state index in [1.54, 1.807) is 4.68 Å². The van der Waals surface area contributed by atoms with Crippen molar-refractivity contribution in [2.75, 3.05) is 0 Å². The first kappa shape index (κ1) is 20.9. The Bertz CT molecular complexity index is 1170. The average molecular weight is 431 g/mol. The molecule has 0 saturated heterocycles. The molecule has 1 aliphatic heterocycles. The third kappa shape index (κ3) is 3.62. The fourth-order valence-corrected chi connectivity index (χ4v) is 5.21. The molecule has 6 heteroatoms. The zero-order valence-corrected chi connectivity index (χ0v) is 19.0. The molecule has 1 amide bonds. The maximum absolute atomic E-state index is 13.3. The smallest absolute Gasteiger partial charge is 0.254 e. The van der Waals surface area contributed by atoms with Crippen LogP contribution < -0.4 is 0 Å². The highest BCUT2D eigenvalue weighted by molar-refractivity contribution is 5.99. The summed E-state index contributed by atoms with van der Waals surface area (Å²) in [6, 6.07) is 6.14. The molecule has 3 heterocycles. The average Bonchev–Trinajstić information content (AvgIpc) is 3.36. The van der Waals surface area contributed by atoms with E-state index in [0.29, 0.717) is 6.54 Å². The van der Waals surface area contributed by atoms with Crippen LogP contribution in [0.25, 0.3) is 11.3 Å². The van der Waals surface area contributed by atoms with Crippen LogP contribution in [0.1, 0.15) is 63.9 Å². The zero-order valence-electron chi connectivity index (χ0n) is 19.0. The van der Waals surface area contributed by atoms with Crippen LogP contribution in [0.2, 0.25) is 0 Å². The van der Waals surface area contributed by atoms with E-state index >= 15 is 0 Å². The van der Waals surface area contributed by atoms with Gasteiger partial charge in [0, 0.05) is 37.1 Å². The molecule has 32 heavy (non-hydrogen) atoms. The number of hydrogen-bond donors (Lipinski definition) is 1. The molecule has 1 N–H and O–H groups in total. The summed E-state index contributed by atoms with van der Waals surface area (Å²) < 4.78 is 1.77. The Labute approximate surface area is 188 Å². The van der Waals surface area contributed by atoms with Crippen molar-refractivity contribution in [2.24, 2.45) is 7.05 Å². The second-order valence-corrected chi connectivity index (χ2v) is 9.30. The summed E-state index contributed by atoms with van der Waals surface area (Å²) in [6.07, 6.45) is 9.81. The summed E-state index contributed by atoms with van der Waals surface area (Å²) in [5.41, 5.74) is 8.54. The van der Waals surface area contributed by atoms with Crippen LogP contribution >= 0.6 is 0 Å². The van der Waals surface area contributed by atoms with Crippen LogP contribution in [0, 0.1) is 13.8 Å². The van der Waals surface area contributed by atoms with Crippen molar-refractivity contribution in [2.45, 2.75) is 64.6 Å². The molecule has 0 radical (unpaired) electrons. The first-order valence-electron chi connectivity index (χ1n) is 11.5. The highest BCUT2D eigenvalue weighted by Gasteiger charge is 2.38. The van der Waals surface area contributed by atoms with Gasteiger partial charge in [0.05, 0.1) is 24.0 Å². The van der Waals surface area contributed by atoms with Gasteiger partial charge in [-0.2, -0.15) is 5.10 Å². The van der Waals surface area contributed by atoms with Gasteiger partial charge in [-0.1, -0.05) is 18.9 Å². The van der Waals surface area contributed by atoms with Gasteiger partial charge in [-0.05, 0) is 73.1 Å². The van der Waals surface area contributed by atoms with Gasteiger partial charge in [-0.25, -0.2) is 0 Å². The summed E-state index contributed by atoms with van der Waals surface area (Å²) in [6.45, 7) is 4.88. The lowest BCUT2D eigenvalue weighted by molar-refractivity contribution is 0.0191. The van der Waals surface area contributed by atoms with Crippen molar-refractivity contribution < 1.29 is 9.90 Å². The van der Waals surface area contributed by atoms with Crippen LogP contribution in [0.5, 0.6) is 0 Å². The van der Waals surface area contributed by atoms with Gasteiger partial charge < -0.3 is 10.0 Å². The minimum Gasteiger partial charge on any atom is -0.391 e. The van der Waals surface area contributed by atoms with Crippen molar-refractivity contribution in [3.8, 4) is 11.3 Å². The minimum absolute atomic E-state index is 0.0592. The lowest BCUT2D eigenvalue weighted by Gasteiger charge is -2.35. The Morgan fingerprint density at radius 1 is 1.12 bits per heavy atom. The maximum Gasteiger partial charge on any atom is 0.254 e. The second kappa shape index (κ2) is 8.17. The topological polar surface area (TPSA) is 71.2 Å². The molecule has 1 saturated carbocycles. The van der Waals surface area contributed by atoms with E-state index in [0.717, 1.165) is 65.6 Å². The van der Waals surface area contributed by atoms with Crippen molar-refractivity contribution in [1.82, 2.24) is 19.7 Å². The molecule has 2 aromatic heterocycles. The number of hydrogen-bond acceptors (Lipinski definition) is 4. The lowest BCUT2D eigenvalue weighted by Crippen LogP contribution is -2.45. The number of carbonyl (C=O) groups is 1. The van der Waals surface area contributed by atoms with Gasteiger partial charge in [0.15, 0.2) is 0 Å². The number of pyridine rings is 1. The van der Waals surface area contributed by atoms with Gasteiger partial charge in [0.2, 0.25) is 0 Å². The third-order valence-electron chi connectivity index (χ3n) is 7.27. The quantitative estimate of drug-likeness (QED) is 0.680. The highest BCUT2D eigenvalue weighted by Crippen LogP contribution is 2.35. The Morgan fingerprint density at radius 2 is 1.94 bits per heavy atom. The Balaban J connectivity index is 1.40. The predicted octanol–water partition coefficient (Wildman–Crippen LogP) is 3.95. The Hall–Kier alpha value is -2.99. The molecule has 1 fully saturated rings. The number of rotatable bonds is 4. The molecular formula is C26H30N4O2. The van der Waals surface area contributed by atoms with Gasteiger partial charge in [-0.3, -0.25) is 14.5 Å².